The van der Waals surface area contributed by atoms with Crippen molar-refractivity contribution in [2.45, 2.75) is 19.8 Å². The third-order valence-corrected chi connectivity index (χ3v) is 4.70. The first-order valence-corrected chi connectivity index (χ1v) is 9.73. The summed E-state index contributed by atoms with van der Waals surface area (Å²) < 4.78 is 16.1. The molecular weight excluding hydrogens is 320 g/mol. The number of aliphatic imine (C=N–C) groups is 1. The van der Waals surface area contributed by atoms with Crippen molar-refractivity contribution in [3.05, 3.63) is 0 Å². The third kappa shape index (κ3) is 7.90. The van der Waals surface area contributed by atoms with Gasteiger partial charge in [0.15, 0.2) is 5.96 Å². The zero-order chi connectivity index (χ0) is 17.7. The van der Waals surface area contributed by atoms with Gasteiger partial charge >= 0.3 is 0 Å². The van der Waals surface area contributed by atoms with Gasteiger partial charge in [0.25, 0.3) is 0 Å². The van der Waals surface area contributed by atoms with Crippen LogP contribution in [-0.4, -0.2) is 102 Å². The lowest BCUT2D eigenvalue weighted by atomic mass is 10.1. The summed E-state index contributed by atoms with van der Waals surface area (Å²) in [5.41, 5.74) is 0. The molecular formula is C18H36N4O3. The fourth-order valence-electron chi connectivity index (χ4n) is 3.28. The molecule has 2 rings (SSSR count). The van der Waals surface area contributed by atoms with E-state index in [-0.39, 0.29) is 0 Å². The number of likely N-dealkylation sites (tertiary alicyclic amines) is 1. The standard InChI is InChI=1S/C18H36N4O3/c1-3-19-18(20-6-4-7-21-9-11-24-12-10-21)22-8-5-17(15-22)16-25-14-13-23-2/h17H,3-16H2,1-2H3,(H,19,20). The van der Waals surface area contributed by atoms with Gasteiger partial charge in [-0.05, 0) is 19.8 Å². The molecule has 0 saturated carbocycles. The average Bonchev–Trinajstić information content (AvgIpc) is 3.11. The second-order valence-corrected chi connectivity index (χ2v) is 6.71. The van der Waals surface area contributed by atoms with Crippen LogP contribution >= 0.6 is 0 Å². The highest BCUT2D eigenvalue weighted by molar-refractivity contribution is 5.80. The number of guanidine groups is 1. The lowest BCUT2D eigenvalue weighted by molar-refractivity contribution is 0.0377. The largest absolute Gasteiger partial charge is 0.382 e. The van der Waals surface area contributed by atoms with Crippen LogP contribution in [0.5, 0.6) is 0 Å². The van der Waals surface area contributed by atoms with Crippen molar-refractivity contribution in [1.29, 1.82) is 0 Å². The molecule has 25 heavy (non-hydrogen) atoms. The van der Waals surface area contributed by atoms with Crippen LogP contribution in [0.4, 0.5) is 0 Å². The van der Waals surface area contributed by atoms with Gasteiger partial charge < -0.3 is 24.4 Å². The summed E-state index contributed by atoms with van der Waals surface area (Å²) in [6, 6.07) is 0. The molecule has 0 spiro atoms. The molecule has 1 unspecified atom stereocenters. The maximum Gasteiger partial charge on any atom is 0.193 e. The van der Waals surface area contributed by atoms with Crippen LogP contribution < -0.4 is 5.32 Å². The van der Waals surface area contributed by atoms with Crippen molar-refractivity contribution >= 4 is 5.96 Å². The maximum atomic E-state index is 5.68. The van der Waals surface area contributed by atoms with Gasteiger partial charge in [0.1, 0.15) is 0 Å². The zero-order valence-electron chi connectivity index (χ0n) is 16.0. The van der Waals surface area contributed by atoms with Crippen LogP contribution in [0.15, 0.2) is 4.99 Å². The van der Waals surface area contributed by atoms with Crippen molar-refractivity contribution in [3.63, 3.8) is 0 Å². The molecule has 7 heteroatoms. The highest BCUT2D eigenvalue weighted by Crippen LogP contribution is 2.16. The van der Waals surface area contributed by atoms with Crippen LogP contribution in [-0.2, 0) is 14.2 Å². The first-order chi connectivity index (χ1) is 12.3. The monoisotopic (exact) mass is 356 g/mol. The molecule has 0 aromatic rings. The molecule has 0 aromatic carbocycles. The molecule has 0 aromatic heterocycles. The van der Waals surface area contributed by atoms with E-state index in [1.165, 1.54) is 6.42 Å². The van der Waals surface area contributed by atoms with E-state index in [0.29, 0.717) is 19.1 Å². The van der Waals surface area contributed by atoms with E-state index in [2.05, 4.69) is 22.0 Å². The summed E-state index contributed by atoms with van der Waals surface area (Å²) in [5.74, 6) is 1.65. The Morgan fingerprint density at radius 1 is 1.24 bits per heavy atom. The smallest absolute Gasteiger partial charge is 0.193 e. The Hall–Kier alpha value is -0.890. The van der Waals surface area contributed by atoms with Gasteiger partial charge in [-0.3, -0.25) is 9.89 Å². The molecule has 1 N–H and O–H groups in total. The number of morpholine rings is 1. The van der Waals surface area contributed by atoms with E-state index in [9.17, 15) is 0 Å². The number of rotatable bonds is 10. The maximum absolute atomic E-state index is 5.68. The predicted octanol–water partition coefficient (Wildman–Crippen LogP) is 0.659. The predicted molar refractivity (Wildman–Crippen MR) is 100 cm³/mol. The summed E-state index contributed by atoms with van der Waals surface area (Å²) in [5, 5.41) is 3.44. The summed E-state index contributed by atoms with van der Waals surface area (Å²) in [4.78, 5) is 9.68. The van der Waals surface area contributed by atoms with E-state index in [1.807, 2.05) is 0 Å². The van der Waals surface area contributed by atoms with Crippen molar-refractivity contribution in [3.8, 4) is 0 Å². The molecule has 0 bridgehead atoms. The van der Waals surface area contributed by atoms with Crippen LogP contribution in [0.3, 0.4) is 0 Å². The van der Waals surface area contributed by atoms with Gasteiger partial charge in [-0.25, -0.2) is 0 Å². The minimum Gasteiger partial charge on any atom is -0.382 e. The normalized spacial score (nSPS) is 22.6. The summed E-state index contributed by atoms with van der Waals surface area (Å²) >= 11 is 0. The number of ether oxygens (including phenoxy) is 3. The van der Waals surface area contributed by atoms with Gasteiger partial charge in [-0.1, -0.05) is 0 Å². The number of nitrogens with one attached hydrogen (secondary N) is 1. The minimum absolute atomic E-state index is 0.592. The number of nitrogens with zero attached hydrogens (tertiary/aromatic N) is 3. The minimum atomic E-state index is 0.592. The van der Waals surface area contributed by atoms with E-state index in [4.69, 9.17) is 19.2 Å². The first kappa shape index (κ1) is 20.4. The molecule has 0 radical (unpaired) electrons. The Balaban J connectivity index is 1.67. The first-order valence-electron chi connectivity index (χ1n) is 9.73. The Labute approximate surface area is 152 Å². The van der Waals surface area contributed by atoms with E-state index in [0.717, 1.165) is 78.0 Å². The van der Waals surface area contributed by atoms with Crippen molar-refractivity contribution in [2.75, 3.05) is 86.0 Å². The third-order valence-electron chi connectivity index (χ3n) is 4.70. The fraction of sp³-hybridized carbons (Fsp3) is 0.944. The summed E-state index contributed by atoms with van der Waals surface area (Å²) in [6.45, 7) is 13.1. The van der Waals surface area contributed by atoms with Crippen molar-refractivity contribution in [1.82, 2.24) is 15.1 Å². The average molecular weight is 357 g/mol. The topological polar surface area (TPSA) is 58.6 Å². The molecule has 2 aliphatic heterocycles. The quantitative estimate of drug-likeness (QED) is 0.353. The van der Waals surface area contributed by atoms with Crippen LogP contribution in [0.25, 0.3) is 0 Å². The molecule has 146 valence electrons. The molecule has 0 amide bonds. The molecule has 7 nitrogen and oxygen atoms in total. The highest BCUT2D eigenvalue weighted by atomic mass is 16.5. The SMILES string of the molecule is CCNC(=NCCCN1CCOCC1)N1CCC(COCCOC)C1. The molecule has 2 aliphatic rings. The second kappa shape index (κ2) is 12.5. The van der Waals surface area contributed by atoms with Gasteiger partial charge in [0.2, 0.25) is 0 Å². The lowest BCUT2D eigenvalue weighted by Gasteiger charge is -2.26. The molecule has 2 fully saturated rings. The molecule has 1 atom stereocenters. The molecule has 2 heterocycles. The van der Waals surface area contributed by atoms with Gasteiger partial charge in [-0.15, -0.1) is 0 Å². The molecule has 2 saturated heterocycles. The second-order valence-electron chi connectivity index (χ2n) is 6.71. The van der Waals surface area contributed by atoms with Crippen LogP contribution in [0.2, 0.25) is 0 Å². The highest BCUT2D eigenvalue weighted by Gasteiger charge is 2.24. The van der Waals surface area contributed by atoms with Gasteiger partial charge in [0, 0.05) is 58.8 Å². The van der Waals surface area contributed by atoms with E-state index in [1.54, 1.807) is 7.11 Å². The fourth-order valence-corrected chi connectivity index (χ4v) is 3.28. The lowest BCUT2D eigenvalue weighted by Crippen LogP contribution is -2.40. The zero-order valence-corrected chi connectivity index (χ0v) is 16.0. The Morgan fingerprint density at radius 2 is 2.08 bits per heavy atom. The van der Waals surface area contributed by atoms with Crippen LogP contribution in [0.1, 0.15) is 19.8 Å². The Kier molecular flexibility index (Phi) is 10.2. The Bertz CT molecular complexity index is 375. The van der Waals surface area contributed by atoms with Crippen LogP contribution in [0, 0.1) is 5.92 Å². The summed E-state index contributed by atoms with van der Waals surface area (Å²) in [7, 11) is 1.71. The number of hydrogen-bond acceptors (Lipinski definition) is 5. The van der Waals surface area contributed by atoms with Crippen molar-refractivity contribution in [2.24, 2.45) is 10.9 Å². The number of methoxy groups -OCH3 is 1. The van der Waals surface area contributed by atoms with E-state index >= 15 is 0 Å². The van der Waals surface area contributed by atoms with Crippen molar-refractivity contribution < 1.29 is 14.2 Å². The summed E-state index contributed by atoms with van der Waals surface area (Å²) in [6.07, 6.45) is 2.28. The van der Waals surface area contributed by atoms with Gasteiger partial charge in [0.05, 0.1) is 33.0 Å². The Morgan fingerprint density at radius 3 is 2.84 bits per heavy atom. The van der Waals surface area contributed by atoms with Gasteiger partial charge in [-0.2, -0.15) is 0 Å². The van der Waals surface area contributed by atoms with E-state index < -0.39 is 0 Å². The number of hydrogen-bond donors (Lipinski definition) is 1. The molecule has 0 aliphatic carbocycles.